The van der Waals surface area contributed by atoms with Gasteiger partial charge in [-0.15, -0.1) is 5.10 Å². The summed E-state index contributed by atoms with van der Waals surface area (Å²) in [6, 6.07) is 14.7. The maximum Gasteiger partial charge on any atom is 0.255 e. The predicted molar refractivity (Wildman–Crippen MR) is 108 cm³/mol. The Kier molecular flexibility index (Phi) is 4.01. The Bertz CT molecular complexity index is 1100. The fourth-order valence-electron chi connectivity index (χ4n) is 4.26. The molecule has 8 heteroatoms. The van der Waals surface area contributed by atoms with E-state index in [2.05, 4.69) is 20.9 Å². The van der Waals surface area contributed by atoms with Crippen molar-refractivity contribution in [3.05, 3.63) is 54.1 Å². The molecule has 0 bridgehead atoms. The molecule has 0 aliphatic carbocycles. The van der Waals surface area contributed by atoms with Gasteiger partial charge in [0.1, 0.15) is 17.2 Å². The molecule has 0 radical (unpaired) electrons. The molecule has 3 aromatic rings. The summed E-state index contributed by atoms with van der Waals surface area (Å²) in [5.41, 5.74) is 2.62. The molecule has 2 aliphatic heterocycles. The topological polar surface area (TPSA) is 92.2 Å². The molecule has 1 fully saturated rings. The van der Waals surface area contributed by atoms with Gasteiger partial charge in [-0.3, -0.25) is 9.59 Å². The number of carbonyl (C=O) groups is 2. The molecule has 2 aromatic carbocycles. The van der Waals surface area contributed by atoms with Crippen LogP contribution in [0.3, 0.4) is 0 Å². The van der Waals surface area contributed by atoms with Crippen LogP contribution in [-0.2, 0) is 4.79 Å². The minimum atomic E-state index is -0.509. The first-order chi connectivity index (χ1) is 14.1. The highest BCUT2D eigenvalue weighted by atomic mass is 16.2. The van der Waals surface area contributed by atoms with Crippen molar-refractivity contribution in [3.8, 4) is 0 Å². The maximum atomic E-state index is 13.1. The Morgan fingerprint density at radius 2 is 1.79 bits per heavy atom. The van der Waals surface area contributed by atoms with Gasteiger partial charge in [-0.2, -0.15) is 0 Å². The molecule has 8 nitrogen and oxygen atoms in total. The number of benzene rings is 2. The van der Waals surface area contributed by atoms with Crippen LogP contribution in [0.5, 0.6) is 0 Å². The smallest absolute Gasteiger partial charge is 0.255 e. The molecule has 2 N–H and O–H groups in total. The number of hydrogen-bond donors (Lipinski definition) is 2. The van der Waals surface area contributed by atoms with Crippen molar-refractivity contribution in [1.29, 1.82) is 0 Å². The number of anilines is 1. The van der Waals surface area contributed by atoms with Gasteiger partial charge in [-0.25, -0.2) is 4.68 Å². The number of likely N-dealkylation sites (tertiary alicyclic amines) is 1. The fraction of sp³-hybridized carbons (Fsp3) is 0.333. The lowest BCUT2D eigenvalue weighted by Crippen LogP contribution is -2.63. The summed E-state index contributed by atoms with van der Waals surface area (Å²) < 4.78 is 1.68. The zero-order chi connectivity index (χ0) is 20.0. The maximum absolute atomic E-state index is 13.1. The summed E-state index contributed by atoms with van der Waals surface area (Å²) in [6.45, 7) is 2.97. The standard InChI is InChI=1S/C21H22N6O2/c1-14(27-18-9-5-4-8-17(18)24-25-27)20(29)26-12-10-21(11-13-26)22-16-7-3-2-6-15(16)19(28)23-21/h2-9,14,22H,10-13H2,1H3,(H,23,28)/t14-/m0/s1. The van der Waals surface area contributed by atoms with Crippen molar-refractivity contribution in [3.63, 3.8) is 0 Å². The van der Waals surface area contributed by atoms with Crippen molar-refractivity contribution >= 4 is 28.5 Å². The monoisotopic (exact) mass is 390 g/mol. The lowest BCUT2D eigenvalue weighted by molar-refractivity contribution is -0.136. The molecule has 2 aliphatic rings. The second-order valence-corrected chi connectivity index (χ2v) is 7.73. The first-order valence-electron chi connectivity index (χ1n) is 9.85. The van der Waals surface area contributed by atoms with Crippen LogP contribution >= 0.6 is 0 Å². The zero-order valence-corrected chi connectivity index (χ0v) is 16.1. The minimum absolute atomic E-state index is 0.0121. The predicted octanol–water partition coefficient (Wildman–Crippen LogP) is 2.17. The number of para-hydroxylation sites is 2. The van der Waals surface area contributed by atoms with Crippen LogP contribution in [0.2, 0.25) is 0 Å². The molecule has 3 heterocycles. The number of fused-ring (bicyclic) bond motifs is 2. The highest BCUT2D eigenvalue weighted by Gasteiger charge is 2.41. The van der Waals surface area contributed by atoms with Crippen molar-refractivity contribution in [2.45, 2.75) is 31.5 Å². The molecule has 29 heavy (non-hydrogen) atoms. The van der Waals surface area contributed by atoms with Gasteiger partial charge in [0.05, 0.1) is 11.1 Å². The van der Waals surface area contributed by atoms with Gasteiger partial charge in [-0.1, -0.05) is 29.5 Å². The summed E-state index contributed by atoms with van der Waals surface area (Å²) in [6.07, 6.45) is 1.28. The van der Waals surface area contributed by atoms with Crippen LogP contribution in [0.1, 0.15) is 36.2 Å². The Balaban J connectivity index is 1.31. The second-order valence-electron chi connectivity index (χ2n) is 7.73. The SMILES string of the molecule is C[C@@H](C(=O)N1CCC2(CC1)NC(=O)c1ccccc1N2)n1nnc2ccccc21. The van der Waals surface area contributed by atoms with Crippen LogP contribution < -0.4 is 10.6 Å². The van der Waals surface area contributed by atoms with E-state index in [1.807, 2.05) is 60.4 Å². The number of carbonyl (C=O) groups excluding carboxylic acids is 2. The lowest BCUT2D eigenvalue weighted by atomic mass is 9.92. The van der Waals surface area contributed by atoms with E-state index in [0.29, 0.717) is 31.5 Å². The van der Waals surface area contributed by atoms with E-state index in [9.17, 15) is 9.59 Å². The number of amides is 2. The molecule has 1 saturated heterocycles. The Morgan fingerprint density at radius 1 is 1.07 bits per heavy atom. The van der Waals surface area contributed by atoms with E-state index >= 15 is 0 Å². The third kappa shape index (κ3) is 2.91. The molecule has 2 amide bonds. The third-order valence-electron chi connectivity index (χ3n) is 5.93. The van der Waals surface area contributed by atoms with Crippen molar-refractivity contribution < 1.29 is 9.59 Å². The molecule has 1 aromatic heterocycles. The largest absolute Gasteiger partial charge is 0.362 e. The molecular weight excluding hydrogens is 368 g/mol. The van der Waals surface area contributed by atoms with Gasteiger partial charge >= 0.3 is 0 Å². The molecule has 0 saturated carbocycles. The van der Waals surface area contributed by atoms with Gasteiger partial charge in [0, 0.05) is 31.6 Å². The second kappa shape index (κ2) is 6.58. The third-order valence-corrected chi connectivity index (χ3v) is 5.93. The highest BCUT2D eigenvalue weighted by molar-refractivity contribution is 6.02. The number of nitrogens with zero attached hydrogens (tertiary/aromatic N) is 4. The summed E-state index contributed by atoms with van der Waals surface area (Å²) in [7, 11) is 0. The van der Waals surface area contributed by atoms with E-state index in [-0.39, 0.29) is 11.8 Å². The minimum Gasteiger partial charge on any atom is -0.362 e. The Hall–Kier alpha value is -3.42. The van der Waals surface area contributed by atoms with Gasteiger partial charge in [0.15, 0.2) is 0 Å². The molecule has 5 rings (SSSR count). The van der Waals surface area contributed by atoms with E-state index in [4.69, 9.17) is 0 Å². The Morgan fingerprint density at radius 3 is 2.62 bits per heavy atom. The number of hydrogen-bond acceptors (Lipinski definition) is 5. The number of nitrogens with one attached hydrogen (secondary N) is 2. The fourth-order valence-corrected chi connectivity index (χ4v) is 4.26. The average Bonchev–Trinajstić information content (AvgIpc) is 3.17. The van der Waals surface area contributed by atoms with Crippen molar-refractivity contribution in [2.24, 2.45) is 0 Å². The summed E-state index contributed by atoms with van der Waals surface area (Å²) >= 11 is 0. The zero-order valence-electron chi connectivity index (χ0n) is 16.1. The number of rotatable bonds is 2. The first-order valence-corrected chi connectivity index (χ1v) is 9.85. The Labute approximate surface area is 167 Å². The van der Waals surface area contributed by atoms with Gasteiger partial charge in [0.25, 0.3) is 5.91 Å². The van der Waals surface area contributed by atoms with E-state index in [1.54, 1.807) is 4.68 Å². The summed E-state index contributed by atoms with van der Waals surface area (Å²) in [5.74, 6) is -0.0559. The van der Waals surface area contributed by atoms with E-state index < -0.39 is 11.7 Å². The summed E-state index contributed by atoms with van der Waals surface area (Å²) in [5, 5.41) is 14.9. The lowest BCUT2D eigenvalue weighted by Gasteiger charge is -2.46. The number of aromatic nitrogens is 3. The van der Waals surface area contributed by atoms with Crippen LogP contribution in [0.4, 0.5) is 5.69 Å². The molecule has 148 valence electrons. The van der Waals surface area contributed by atoms with E-state index in [0.717, 1.165) is 16.7 Å². The highest BCUT2D eigenvalue weighted by Crippen LogP contribution is 2.32. The summed E-state index contributed by atoms with van der Waals surface area (Å²) in [4.78, 5) is 27.5. The van der Waals surface area contributed by atoms with Gasteiger partial charge in [0.2, 0.25) is 5.91 Å². The van der Waals surface area contributed by atoms with E-state index in [1.165, 1.54) is 0 Å². The van der Waals surface area contributed by atoms with Crippen LogP contribution in [0.15, 0.2) is 48.5 Å². The van der Waals surface area contributed by atoms with Crippen LogP contribution in [0, 0.1) is 0 Å². The van der Waals surface area contributed by atoms with Crippen molar-refractivity contribution in [1.82, 2.24) is 25.2 Å². The quantitative estimate of drug-likeness (QED) is 0.700. The number of piperidine rings is 1. The molecule has 0 unspecified atom stereocenters. The van der Waals surface area contributed by atoms with Crippen molar-refractivity contribution in [2.75, 3.05) is 18.4 Å². The van der Waals surface area contributed by atoms with Crippen LogP contribution in [0.25, 0.3) is 11.0 Å². The normalized spacial score (nSPS) is 18.8. The molecule has 1 atom stereocenters. The van der Waals surface area contributed by atoms with Gasteiger partial charge in [-0.05, 0) is 31.2 Å². The molecular formula is C21H22N6O2. The van der Waals surface area contributed by atoms with Gasteiger partial charge < -0.3 is 15.5 Å². The first kappa shape index (κ1) is 17.7. The molecule has 1 spiro atoms. The van der Waals surface area contributed by atoms with Crippen LogP contribution in [-0.4, -0.2) is 50.5 Å². The average molecular weight is 390 g/mol.